The molecule has 3 heterocycles. The van der Waals surface area contributed by atoms with Crippen LogP contribution in [0.15, 0.2) is 47.5 Å². The average molecular weight is 284 g/mol. The maximum Gasteiger partial charge on any atom is 0.291 e. The van der Waals surface area contributed by atoms with E-state index in [9.17, 15) is 4.79 Å². The summed E-state index contributed by atoms with van der Waals surface area (Å²) in [7, 11) is 0. The summed E-state index contributed by atoms with van der Waals surface area (Å²) in [5.41, 5.74) is 5.95. The van der Waals surface area contributed by atoms with Gasteiger partial charge in [-0.05, 0) is 24.3 Å². The Balaban J connectivity index is 1.86. The Morgan fingerprint density at radius 1 is 1.38 bits per heavy atom. The Bertz CT molecular complexity index is 750. The molecule has 3 rings (SSSR count). The molecule has 1 amide bonds. The second-order valence-corrected chi connectivity index (χ2v) is 4.14. The van der Waals surface area contributed by atoms with Gasteiger partial charge in [-0.1, -0.05) is 0 Å². The number of nitrogens with two attached hydrogens (primary N) is 1. The summed E-state index contributed by atoms with van der Waals surface area (Å²) in [5, 5.41) is 6.72. The average Bonchev–Trinajstić information content (AvgIpc) is 3.19. The Kier molecular flexibility index (Phi) is 3.44. The van der Waals surface area contributed by atoms with E-state index in [4.69, 9.17) is 10.2 Å². The normalized spacial score (nSPS) is 10.5. The number of amides is 1. The van der Waals surface area contributed by atoms with Crippen molar-refractivity contribution < 1.29 is 9.21 Å². The molecule has 106 valence electrons. The number of carbonyl (C=O) groups excluding carboxylic acids is 1. The molecule has 0 fully saturated rings. The van der Waals surface area contributed by atoms with Crippen LogP contribution in [0.3, 0.4) is 0 Å². The number of furan rings is 1. The lowest BCUT2D eigenvalue weighted by Gasteiger charge is -2.08. The highest BCUT2D eigenvalue weighted by molar-refractivity contribution is 6.03. The van der Waals surface area contributed by atoms with Crippen molar-refractivity contribution in [3.8, 4) is 5.82 Å². The van der Waals surface area contributed by atoms with Gasteiger partial charge in [0.05, 0.1) is 12.2 Å². The Morgan fingerprint density at radius 3 is 3.00 bits per heavy atom. The molecule has 0 bridgehead atoms. The summed E-state index contributed by atoms with van der Waals surface area (Å²) in [6.07, 6.45) is 4.49. The fourth-order valence-corrected chi connectivity index (χ4v) is 1.79. The van der Waals surface area contributed by atoms with Crippen LogP contribution in [0.25, 0.3) is 5.82 Å². The zero-order valence-electron chi connectivity index (χ0n) is 10.9. The van der Waals surface area contributed by atoms with Crippen molar-refractivity contribution in [2.45, 2.75) is 6.54 Å². The van der Waals surface area contributed by atoms with Gasteiger partial charge < -0.3 is 15.5 Å². The largest absolute Gasteiger partial charge is 0.455 e. The fraction of sp³-hybridized carbons (Fsp3) is 0.0769. The molecule has 3 aromatic heterocycles. The molecule has 8 nitrogen and oxygen atoms in total. The molecular weight excluding hydrogens is 272 g/mol. The predicted octanol–water partition coefficient (Wildman–Crippen LogP) is 0.966. The summed E-state index contributed by atoms with van der Waals surface area (Å²) in [5.74, 6) is 0.810. The van der Waals surface area contributed by atoms with Crippen LogP contribution in [-0.4, -0.2) is 25.7 Å². The predicted molar refractivity (Wildman–Crippen MR) is 73.7 cm³/mol. The molecule has 8 heteroatoms. The minimum Gasteiger partial charge on any atom is -0.455 e. The number of carbonyl (C=O) groups is 1. The topological polar surface area (TPSA) is 112 Å². The van der Waals surface area contributed by atoms with Crippen LogP contribution in [0.4, 0.5) is 5.69 Å². The van der Waals surface area contributed by atoms with Crippen molar-refractivity contribution in [3.05, 3.63) is 54.6 Å². The van der Waals surface area contributed by atoms with Gasteiger partial charge in [0.25, 0.3) is 5.91 Å². The third kappa shape index (κ3) is 2.65. The van der Waals surface area contributed by atoms with E-state index in [1.807, 2.05) is 0 Å². The van der Waals surface area contributed by atoms with Crippen LogP contribution in [-0.2, 0) is 6.54 Å². The van der Waals surface area contributed by atoms with Crippen molar-refractivity contribution in [1.82, 2.24) is 19.7 Å². The molecule has 0 saturated heterocycles. The SMILES string of the molecule is NCc1ccc(C(=O)Nc2cccnc2-n2cncn2)o1. The summed E-state index contributed by atoms with van der Waals surface area (Å²) in [6.45, 7) is 0.240. The molecule has 3 aromatic rings. The van der Waals surface area contributed by atoms with Crippen molar-refractivity contribution in [3.63, 3.8) is 0 Å². The smallest absolute Gasteiger partial charge is 0.291 e. The van der Waals surface area contributed by atoms with E-state index in [1.165, 1.54) is 17.3 Å². The number of pyridine rings is 1. The van der Waals surface area contributed by atoms with Gasteiger partial charge in [-0.3, -0.25) is 4.79 Å². The molecular formula is C13H12N6O2. The molecule has 0 aliphatic carbocycles. The minimum absolute atomic E-state index is 0.184. The van der Waals surface area contributed by atoms with E-state index in [2.05, 4.69) is 20.4 Å². The van der Waals surface area contributed by atoms with Gasteiger partial charge in [0, 0.05) is 6.20 Å². The van der Waals surface area contributed by atoms with Gasteiger partial charge in [-0.15, -0.1) is 0 Å². The molecule has 0 aliphatic rings. The van der Waals surface area contributed by atoms with Gasteiger partial charge >= 0.3 is 0 Å². The number of anilines is 1. The molecule has 0 atom stereocenters. The lowest BCUT2D eigenvalue weighted by atomic mass is 10.3. The van der Waals surface area contributed by atoms with Gasteiger partial charge in [0.15, 0.2) is 11.6 Å². The fourth-order valence-electron chi connectivity index (χ4n) is 1.79. The van der Waals surface area contributed by atoms with Crippen LogP contribution in [0, 0.1) is 0 Å². The molecule has 0 aliphatic heterocycles. The maximum absolute atomic E-state index is 12.1. The zero-order valence-corrected chi connectivity index (χ0v) is 10.9. The first-order chi connectivity index (χ1) is 10.3. The van der Waals surface area contributed by atoms with E-state index in [0.29, 0.717) is 17.3 Å². The maximum atomic E-state index is 12.1. The van der Waals surface area contributed by atoms with E-state index >= 15 is 0 Å². The minimum atomic E-state index is -0.385. The lowest BCUT2D eigenvalue weighted by Crippen LogP contribution is -2.14. The van der Waals surface area contributed by atoms with Crippen molar-refractivity contribution >= 4 is 11.6 Å². The van der Waals surface area contributed by atoms with E-state index in [0.717, 1.165) is 0 Å². The first kappa shape index (κ1) is 13.0. The van der Waals surface area contributed by atoms with Crippen LogP contribution in [0.2, 0.25) is 0 Å². The van der Waals surface area contributed by atoms with Gasteiger partial charge in [0.1, 0.15) is 18.4 Å². The lowest BCUT2D eigenvalue weighted by molar-refractivity contribution is 0.0995. The quantitative estimate of drug-likeness (QED) is 0.738. The van der Waals surface area contributed by atoms with Crippen LogP contribution >= 0.6 is 0 Å². The first-order valence-corrected chi connectivity index (χ1v) is 6.18. The number of nitrogens with one attached hydrogen (secondary N) is 1. The number of aromatic nitrogens is 4. The van der Waals surface area contributed by atoms with Crippen LogP contribution in [0.1, 0.15) is 16.3 Å². The van der Waals surface area contributed by atoms with Crippen LogP contribution < -0.4 is 11.1 Å². The Hall–Kier alpha value is -3.00. The second-order valence-electron chi connectivity index (χ2n) is 4.14. The van der Waals surface area contributed by atoms with Gasteiger partial charge in [-0.25, -0.2) is 14.6 Å². The molecule has 21 heavy (non-hydrogen) atoms. The monoisotopic (exact) mass is 284 g/mol. The number of rotatable bonds is 4. The standard InChI is InChI=1S/C13H12N6O2/c14-6-9-3-4-11(21-9)13(20)18-10-2-1-5-16-12(10)19-8-15-7-17-19/h1-5,7-8H,6,14H2,(H,18,20). The van der Waals surface area contributed by atoms with E-state index in [1.54, 1.807) is 30.5 Å². The van der Waals surface area contributed by atoms with Crippen molar-refractivity contribution in [1.29, 1.82) is 0 Å². The third-order valence-corrected chi connectivity index (χ3v) is 2.76. The number of hydrogen-bond donors (Lipinski definition) is 2. The van der Waals surface area contributed by atoms with Crippen molar-refractivity contribution in [2.24, 2.45) is 5.73 Å². The van der Waals surface area contributed by atoms with E-state index < -0.39 is 0 Å². The highest BCUT2D eigenvalue weighted by Crippen LogP contribution is 2.17. The molecule has 0 unspecified atom stereocenters. The van der Waals surface area contributed by atoms with Crippen molar-refractivity contribution in [2.75, 3.05) is 5.32 Å². The number of hydrogen-bond acceptors (Lipinski definition) is 6. The zero-order chi connectivity index (χ0) is 14.7. The summed E-state index contributed by atoms with van der Waals surface area (Å²) in [4.78, 5) is 20.2. The summed E-state index contributed by atoms with van der Waals surface area (Å²) >= 11 is 0. The number of nitrogens with zero attached hydrogens (tertiary/aromatic N) is 4. The van der Waals surface area contributed by atoms with Crippen LogP contribution in [0.5, 0.6) is 0 Å². The van der Waals surface area contributed by atoms with Gasteiger partial charge in [-0.2, -0.15) is 5.10 Å². The molecule has 0 saturated carbocycles. The van der Waals surface area contributed by atoms with E-state index in [-0.39, 0.29) is 18.2 Å². The first-order valence-electron chi connectivity index (χ1n) is 6.18. The molecule has 0 radical (unpaired) electrons. The van der Waals surface area contributed by atoms with Gasteiger partial charge in [0.2, 0.25) is 0 Å². The molecule has 3 N–H and O–H groups in total. The highest BCUT2D eigenvalue weighted by Gasteiger charge is 2.14. The summed E-state index contributed by atoms with van der Waals surface area (Å²) < 4.78 is 6.77. The summed E-state index contributed by atoms with van der Waals surface area (Å²) in [6, 6.07) is 6.66. The molecule has 0 spiro atoms. The Labute approximate surface area is 119 Å². The molecule has 0 aromatic carbocycles. The second kappa shape index (κ2) is 5.55. The highest BCUT2D eigenvalue weighted by atomic mass is 16.4. The Morgan fingerprint density at radius 2 is 2.29 bits per heavy atom. The third-order valence-electron chi connectivity index (χ3n) is 2.76.